The van der Waals surface area contributed by atoms with E-state index in [9.17, 15) is 14.5 Å². The summed E-state index contributed by atoms with van der Waals surface area (Å²) in [4.78, 5) is 14.4. The molecule has 0 saturated heterocycles. The number of alkyl carbamates (subject to hydrolysis) is 1. The van der Waals surface area contributed by atoms with Crippen LogP contribution in [0.25, 0.3) is 0 Å². The predicted octanol–water partition coefficient (Wildman–Crippen LogP) is 7.69. The Balaban J connectivity index is 2.28. The lowest BCUT2D eigenvalue weighted by Crippen LogP contribution is -2.53. The highest BCUT2D eigenvalue weighted by Crippen LogP contribution is 2.48. The minimum Gasteiger partial charge on any atom is -0.507 e. The molecule has 0 heterocycles. The summed E-state index contributed by atoms with van der Waals surface area (Å²) in [5.41, 5.74) is 0.117. The molecule has 8 nitrogen and oxygen atoms in total. The number of amides is 1. The number of aromatic hydroxyl groups is 1. The van der Waals surface area contributed by atoms with E-state index in [4.69, 9.17) is 29.9 Å². The van der Waals surface area contributed by atoms with Gasteiger partial charge in [-0.3, -0.25) is 13.6 Å². The van der Waals surface area contributed by atoms with E-state index in [1.165, 1.54) is 26.0 Å². The van der Waals surface area contributed by atoms with E-state index in [2.05, 4.69) is 11.9 Å². The number of phenols is 1. The Morgan fingerprint density at radius 1 is 1.18 bits per heavy atom. The van der Waals surface area contributed by atoms with E-state index in [0.29, 0.717) is 17.9 Å². The molecule has 0 unspecified atom stereocenters. The average Bonchev–Trinajstić information content (AvgIpc) is 2.83. The molecule has 1 atom stereocenters. The third-order valence-electron chi connectivity index (χ3n) is 5.49. The molecule has 11 heteroatoms. The van der Waals surface area contributed by atoms with Gasteiger partial charge in [0.1, 0.15) is 11.4 Å². The first kappa shape index (κ1) is 32.2. The largest absolute Gasteiger partial charge is 0.507 e. The quantitative estimate of drug-likeness (QED) is 0.182. The van der Waals surface area contributed by atoms with Crippen molar-refractivity contribution in [2.75, 3.05) is 20.8 Å². The third kappa shape index (κ3) is 9.95. The number of phenolic OH excluding ortho intramolecular Hbond substituents is 1. The highest BCUT2D eigenvalue weighted by molar-refractivity contribution is 7.99. The lowest BCUT2D eigenvalue weighted by atomic mass is 9.88. The molecule has 0 aliphatic heterocycles. The van der Waals surface area contributed by atoms with Crippen molar-refractivity contribution in [3.05, 3.63) is 65.2 Å². The van der Waals surface area contributed by atoms with Crippen LogP contribution in [0.4, 0.5) is 4.79 Å². The highest BCUT2D eigenvalue weighted by atomic mass is 35.5. The summed E-state index contributed by atoms with van der Waals surface area (Å²) in [7, 11) is -1.38. The van der Waals surface area contributed by atoms with Crippen LogP contribution in [0.5, 0.6) is 5.75 Å². The zero-order valence-corrected chi connectivity index (χ0v) is 25.2. The summed E-state index contributed by atoms with van der Waals surface area (Å²) in [6, 6.07) is 11.1. The zero-order valence-electron chi connectivity index (χ0n) is 22.7. The van der Waals surface area contributed by atoms with Crippen molar-refractivity contribution in [3.63, 3.8) is 0 Å². The van der Waals surface area contributed by atoms with Gasteiger partial charge in [-0.1, -0.05) is 41.6 Å². The minimum atomic E-state index is -3.81. The number of phosphoric acid groups is 1. The van der Waals surface area contributed by atoms with Gasteiger partial charge in [0.25, 0.3) is 0 Å². The highest BCUT2D eigenvalue weighted by Gasteiger charge is 2.37. The number of hydrogen-bond acceptors (Lipinski definition) is 8. The van der Waals surface area contributed by atoms with E-state index in [1.807, 2.05) is 37.3 Å². The molecular formula is C27H37ClNO7PS. The van der Waals surface area contributed by atoms with Gasteiger partial charge in [-0.05, 0) is 82.3 Å². The standard InChI is InChI=1S/C27H37ClNO7PS/c1-8-14-27(18-35-37(32,33-6)34-7,29-25(31)36-26(3,4)5)15-13-20-10-11-21(17-22(20)28)38-24-16-19(2)9-12-23(24)30/h8-12,16-17,30H,1,13-15,18H2,2-7H3,(H,29,31)/t27-/m0/s1. The van der Waals surface area contributed by atoms with E-state index in [1.54, 1.807) is 32.9 Å². The van der Waals surface area contributed by atoms with Crippen LogP contribution in [0.3, 0.4) is 0 Å². The summed E-state index contributed by atoms with van der Waals surface area (Å²) >= 11 is 8.05. The maximum absolute atomic E-state index is 12.8. The van der Waals surface area contributed by atoms with Crippen molar-refractivity contribution in [2.24, 2.45) is 0 Å². The normalized spacial score (nSPS) is 13.6. The molecule has 0 fully saturated rings. The van der Waals surface area contributed by atoms with Crippen molar-refractivity contribution in [1.82, 2.24) is 5.32 Å². The first-order valence-electron chi connectivity index (χ1n) is 12.0. The Kier molecular flexibility index (Phi) is 11.8. The summed E-state index contributed by atoms with van der Waals surface area (Å²) in [6.07, 6.45) is 2.09. The lowest BCUT2D eigenvalue weighted by Gasteiger charge is -2.35. The zero-order chi connectivity index (χ0) is 28.6. The Morgan fingerprint density at radius 3 is 2.45 bits per heavy atom. The second-order valence-electron chi connectivity index (χ2n) is 9.81. The van der Waals surface area contributed by atoms with Gasteiger partial charge in [0, 0.05) is 24.1 Å². The number of hydrogen-bond donors (Lipinski definition) is 2. The van der Waals surface area contributed by atoms with Gasteiger partial charge in [0.2, 0.25) is 0 Å². The molecule has 0 aliphatic carbocycles. The number of ether oxygens (including phenoxy) is 1. The van der Waals surface area contributed by atoms with Crippen LogP contribution >= 0.6 is 31.2 Å². The molecule has 0 radical (unpaired) electrons. The van der Waals surface area contributed by atoms with Crippen molar-refractivity contribution in [1.29, 1.82) is 0 Å². The van der Waals surface area contributed by atoms with Crippen LogP contribution in [0, 0.1) is 6.92 Å². The fourth-order valence-electron chi connectivity index (χ4n) is 3.56. The number of rotatable bonds is 13. The summed E-state index contributed by atoms with van der Waals surface area (Å²) in [5.74, 6) is 0.202. The molecule has 38 heavy (non-hydrogen) atoms. The Bertz CT molecular complexity index is 1160. The van der Waals surface area contributed by atoms with Gasteiger partial charge in [0.05, 0.1) is 17.0 Å². The SMILES string of the molecule is C=CC[C@](CCc1ccc(Sc2cc(C)ccc2O)cc1Cl)(COP(=O)(OC)OC)NC(=O)OC(C)(C)C. The second-order valence-corrected chi connectivity index (χ2v) is 13.2. The fourth-order valence-corrected chi connectivity index (χ4v) is 5.65. The van der Waals surface area contributed by atoms with Crippen molar-refractivity contribution < 1.29 is 32.8 Å². The van der Waals surface area contributed by atoms with Crippen LogP contribution in [0.15, 0.2) is 58.8 Å². The van der Waals surface area contributed by atoms with E-state index in [-0.39, 0.29) is 18.8 Å². The Morgan fingerprint density at radius 2 is 1.87 bits per heavy atom. The molecule has 1 amide bonds. The molecule has 0 aromatic heterocycles. The first-order chi connectivity index (χ1) is 17.7. The molecule has 2 aromatic rings. The third-order valence-corrected chi connectivity index (χ3v) is 8.22. The molecule has 0 aliphatic rings. The van der Waals surface area contributed by atoms with Gasteiger partial charge in [-0.15, -0.1) is 6.58 Å². The van der Waals surface area contributed by atoms with E-state index < -0.39 is 25.1 Å². The number of aryl methyl sites for hydroxylation is 2. The fraction of sp³-hybridized carbons (Fsp3) is 0.444. The maximum atomic E-state index is 12.8. The van der Waals surface area contributed by atoms with E-state index in [0.717, 1.165) is 20.9 Å². The molecular weight excluding hydrogens is 549 g/mol. The maximum Gasteiger partial charge on any atom is 0.474 e. The number of benzene rings is 2. The molecule has 0 saturated carbocycles. The van der Waals surface area contributed by atoms with Crippen LogP contribution in [-0.4, -0.2) is 43.2 Å². The molecule has 2 rings (SSSR count). The molecule has 0 bridgehead atoms. The predicted molar refractivity (Wildman–Crippen MR) is 151 cm³/mol. The first-order valence-corrected chi connectivity index (χ1v) is 14.6. The van der Waals surface area contributed by atoms with Crippen molar-refractivity contribution in [2.45, 2.75) is 67.9 Å². The van der Waals surface area contributed by atoms with Crippen LogP contribution in [-0.2, 0) is 29.3 Å². The number of nitrogens with one attached hydrogen (secondary N) is 1. The molecule has 210 valence electrons. The van der Waals surface area contributed by atoms with Crippen LogP contribution in [0.2, 0.25) is 5.02 Å². The number of carbonyl (C=O) groups is 1. The Hall–Kier alpha value is -2.00. The van der Waals surface area contributed by atoms with Crippen molar-refractivity contribution in [3.8, 4) is 5.75 Å². The van der Waals surface area contributed by atoms with Gasteiger partial charge in [0.15, 0.2) is 0 Å². The summed E-state index contributed by atoms with van der Waals surface area (Å²) in [6.45, 7) is 10.9. The number of halogens is 1. The molecule has 2 N–H and O–H groups in total. The number of carbonyl (C=O) groups excluding carboxylic acids is 1. The topological polar surface area (TPSA) is 103 Å². The molecule has 0 spiro atoms. The number of phosphoric ester groups is 1. The second kappa shape index (κ2) is 13.9. The summed E-state index contributed by atoms with van der Waals surface area (Å²) in [5, 5.41) is 13.6. The average molecular weight is 586 g/mol. The molecule has 2 aromatic carbocycles. The van der Waals surface area contributed by atoms with Gasteiger partial charge < -0.3 is 15.2 Å². The van der Waals surface area contributed by atoms with Gasteiger partial charge in [-0.2, -0.15) is 0 Å². The minimum absolute atomic E-state index is 0.185. The monoisotopic (exact) mass is 585 g/mol. The Labute approximate surface area is 234 Å². The lowest BCUT2D eigenvalue weighted by molar-refractivity contribution is 0.0369. The van der Waals surface area contributed by atoms with Crippen molar-refractivity contribution >= 4 is 37.3 Å². The summed E-state index contributed by atoms with van der Waals surface area (Å²) < 4.78 is 33.4. The van der Waals surface area contributed by atoms with Crippen LogP contribution in [0.1, 0.15) is 44.7 Å². The van der Waals surface area contributed by atoms with Gasteiger partial charge >= 0.3 is 13.9 Å². The van der Waals surface area contributed by atoms with Gasteiger partial charge in [-0.25, -0.2) is 9.36 Å². The van der Waals surface area contributed by atoms with E-state index >= 15 is 0 Å². The van der Waals surface area contributed by atoms with Crippen LogP contribution < -0.4 is 5.32 Å². The smallest absolute Gasteiger partial charge is 0.474 e.